The van der Waals surface area contributed by atoms with Gasteiger partial charge >= 0.3 is 0 Å². The first-order valence-corrected chi connectivity index (χ1v) is 6.24. The van der Waals surface area contributed by atoms with Crippen molar-refractivity contribution in [2.75, 3.05) is 31.7 Å². The summed E-state index contributed by atoms with van der Waals surface area (Å²) in [5.74, 6) is 0.832. The summed E-state index contributed by atoms with van der Waals surface area (Å²) in [7, 11) is 2.05. The number of nitrogens with zero attached hydrogens (tertiary/aromatic N) is 2. The van der Waals surface area contributed by atoms with Crippen LogP contribution >= 0.6 is 0 Å². The van der Waals surface area contributed by atoms with Gasteiger partial charge in [-0.2, -0.15) is 0 Å². The van der Waals surface area contributed by atoms with E-state index in [1.54, 1.807) is 6.20 Å². The van der Waals surface area contributed by atoms with Gasteiger partial charge in [0.1, 0.15) is 0 Å². The molecule has 0 aromatic carbocycles. The van der Waals surface area contributed by atoms with Gasteiger partial charge < -0.3 is 15.4 Å². The molecule has 2 N–H and O–H groups in total. The molecule has 0 bridgehead atoms. The lowest BCUT2D eigenvalue weighted by Crippen LogP contribution is -2.25. The molecule has 0 atom stereocenters. The van der Waals surface area contributed by atoms with E-state index in [0.29, 0.717) is 6.54 Å². The maximum absolute atomic E-state index is 5.67. The Hall–Kier alpha value is -1.13. The van der Waals surface area contributed by atoms with E-state index in [-0.39, 0.29) is 0 Å². The lowest BCUT2D eigenvalue weighted by atomic mass is 10.2. The van der Waals surface area contributed by atoms with Crippen molar-refractivity contribution in [3.05, 3.63) is 24.0 Å². The SMILES string of the molecule is CN(CCOCC1CC1)c1cccnc1CN. The van der Waals surface area contributed by atoms with Crippen LogP contribution in [0.3, 0.4) is 0 Å². The molecule has 0 spiro atoms. The number of likely N-dealkylation sites (N-methyl/N-ethyl adjacent to an activating group) is 1. The standard InChI is InChI=1S/C13H21N3O/c1-16(7-8-17-10-11-4-5-11)13-3-2-6-15-12(13)9-14/h2-3,6,11H,4-5,7-10,14H2,1H3. The van der Waals surface area contributed by atoms with Crippen LogP contribution in [-0.2, 0) is 11.3 Å². The Kier molecular flexibility index (Phi) is 4.34. The molecule has 1 aliphatic rings. The van der Waals surface area contributed by atoms with E-state index in [4.69, 9.17) is 10.5 Å². The Labute approximate surface area is 103 Å². The highest BCUT2D eigenvalue weighted by Gasteiger charge is 2.21. The number of ether oxygens (including phenoxy) is 1. The molecule has 0 unspecified atom stereocenters. The maximum atomic E-state index is 5.67. The minimum absolute atomic E-state index is 0.476. The third kappa shape index (κ3) is 3.68. The van der Waals surface area contributed by atoms with Gasteiger partial charge in [0.15, 0.2) is 0 Å². The van der Waals surface area contributed by atoms with Gasteiger partial charge in [-0.15, -0.1) is 0 Å². The summed E-state index contributed by atoms with van der Waals surface area (Å²) >= 11 is 0. The second-order valence-corrected chi connectivity index (χ2v) is 4.61. The third-order valence-corrected chi connectivity index (χ3v) is 3.09. The van der Waals surface area contributed by atoms with Gasteiger partial charge in [0.05, 0.1) is 18.0 Å². The Morgan fingerprint density at radius 3 is 3.06 bits per heavy atom. The van der Waals surface area contributed by atoms with E-state index in [2.05, 4.69) is 23.0 Å². The molecular formula is C13H21N3O. The molecule has 1 aromatic heterocycles. The number of hydrogen-bond donors (Lipinski definition) is 1. The van der Waals surface area contributed by atoms with E-state index in [9.17, 15) is 0 Å². The first kappa shape index (κ1) is 12.3. The van der Waals surface area contributed by atoms with Crippen molar-refractivity contribution in [3.63, 3.8) is 0 Å². The second kappa shape index (κ2) is 5.98. The fourth-order valence-electron chi connectivity index (χ4n) is 1.79. The van der Waals surface area contributed by atoms with Crippen LogP contribution in [0.25, 0.3) is 0 Å². The minimum Gasteiger partial charge on any atom is -0.379 e. The molecule has 1 heterocycles. The fraction of sp³-hybridized carbons (Fsp3) is 0.615. The van der Waals surface area contributed by atoms with E-state index < -0.39 is 0 Å². The smallest absolute Gasteiger partial charge is 0.0772 e. The quantitative estimate of drug-likeness (QED) is 0.726. The highest BCUT2D eigenvalue weighted by molar-refractivity contribution is 5.49. The molecule has 2 rings (SSSR count). The van der Waals surface area contributed by atoms with E-state index in [1.165, 1.54) is 12.8 Å². The number of anilines is 1. The maximum Gasteiger partial charge on any atom is 0.0772 e. The summed E-state index contributed by atoms with van der Waals surface area (Å²) in [4.78, 5) is 6.43. The van der Waals surface area contributed by atoms with Crippen LogP contribution in [-0.4, -0.2) is 31.8 Å². The summed E-state index contributed by atoms with van der Waals surface area (Å²) in [6.45, 7) is 3.05. The van der Waals surface area contributed by atoms with Gasteiger partial charge in [0.25, 0.3) is 0 Å². The Bertz CT molecular complexity index is 352. The van der Waals surface area contributed by atoms with E-state index in [0.717, 1.165) is 37.1 Å². The van der Waals surface area contributed by atoms with Crippen LogP contribution in [0, 0.1) is 5.92 Å². The largest absolute Gasteiger partial charge is 0.379 e. The number of aromatic nitrogens is 1. The van der Waals surface area contributed by atoms with Gasteiger partial charge in [0, 0.05) is 32.9 Å². The van der Waals surface area contributed by atoms with Crippen molar-refractivity contribution in [2.45, 2.75) is 19.4 Å². The molecule has 1 aliphatic carbocycles. The average molecular weight is 235 g/mol. The van der Waals surface area contributed by atoms with Crippen LogP contribution in [0.4, 0.5) is 5.69 Å². The van der Waals surface area contributed by atoms with Crippen LogP contribution in [0.5, 0.6) is 0 Å². The van der Waals surface area contributed by atoms with E-state index >= 15 is 0 Å². The van der Waals surface area contributed by atoms with Crippen molar-refractivity contribution < 1.29 is 4.74 Å². The summed E-state index contributed by atoms with van der Waals surface area (Å²) in [6.07, 6.45) is 4.47. The number of rotatable bonds is 7. The van der Waals surface area contributed by atoms with Crippen molar-refractivity contribution in [1.29, 1.82) is 0 Å². The predicted molar refractivity (Wildman–Crippen MR) is 68.9 cm³/mol. The zero-order chi connectivity index (χ0) is 12.1. The number of pyridine rings is 1. The topological polar surface area (TPSA) is 51.4 Å². The van der Waals surface area contributed by atoms with Gasteiger partial charge in [-0.1, -0.05) is 0 Å². The van der Waals surface area contributed by atoms with Crippen LogP contribution < -0.4 is 10.6 Å². The minimum atomic E-state index is 0.476. The molecule has 1 saturated carbocycles. The Morgan fingerprint density at radius 1 is 1.53 bits per heavy atom. The molecule has 1 aromatic rings. The van der Waals surface area contributed by atoms with Crippen molar-refractivity contribution in [2.24, 2.45) is 11.7 Å². The number of hydrogen-bond acceptors (Lipinski definition) is 4. The summed E-state index contributed by atoms with van der Waals surface area (Å²) in [5.41, 5.74) is 7.71. The highest BCUT2D eigenvalue weighted by Crippen LogP contribution is 2.28. The van der Waals surface area contributed by atoms with Crippen LogP contribution in [0.1, 0.15) is 18.5 Å². The van der Waals surface area contributed by atoms with Crippen molar-refractivity contribution >= 4 is 5.69 Å². The zero-order valence-electron chi connectivity index (χ0n) is 10.4. The summed E-state index contributed by atoms with van der Waals surface area (Å²) in [5, 5.41) is 0. The first-order chi connectivity index (χ1) is 8.31. The molecule has 0 amide bonds. The Morgan fingerprint density at radius 2 is 2.35 bits per heavy atom. The van der Waals surface area contributed by atoms with E-state index in [1.807, 2.05) is 6.07 Å². The lowest BCUT2D eigenvalue weighted by Gasteiger charge is -2.21. The summed E-state index contributed by atoms with van der Waals surface area (Å²) < 4.78 is 5.63. The summed E-state index contributed by atoms with van der Waals surface area (Å²) in [6, 6.07) is 3.99. The van der Waals surface area contributed by atoms with Gasteiger partial charge in [0.2, 0.25) is 0 Å². The molecule has 1 fully saturated rings. The normalized spacial score (nSPS) is 14.9. The van der Waals surface area contributed by atoms with Crippen LogP contribution in [0.15, 0.2) is 18.3 Å². The zero-order valence-corrected chi connectivity index (χ0v) is 10.4. The predicted octanol–water partition coefficient (Wildman–Crippen LogP) is 1.40. The van der Waals surface area contributed by atoms with Gasteiger partial charge in [-0.3, -0.25) is 4.98 Å². The number of nitrogens with two attached hydrogens (primary N) is 1. The molecule has 0 aliphatic heterocycles. The molecule has 4 nitrogen and oxygen atoms in total. The third-order valence-electron chi connectivity index (χ3n) is 3.09. The molecular weight excluding hydrogens is 214 g/mol. The fourth-order valence-corrected chi connectivity index (χ4v) is 1.79. The van der Waals surface area contributed by atoms with Gasteiger partial charge in [-0.05, 0) is 30.9 Å². The second-order valence-electron chi connectivity index (χ2n) is 4.61. The monoisotopic (exact) mass is 235 g/mol. The highest BCUT2D eigenvalue weighted by atomic mass is 16.5. The first-order valence-electron chi connectivity index (χ1n) is 6.24. The van der Waals surface area contributed by atoms with Gasteiger partial charge in [-0.25, -0.2) is 0 Å². The van der Waals surface area contributed by atoms with Crippen LogP contribution in [0.2, 0.25) is 0 Å². The lowest BCUT2D eigenvalue weighted by molar-refractivity contribution is 0.131. The average Bonchev–Trinajstić information content (AvgIpc) is 3.18. The molecule has 0 radical (unpaired) electrons. The molecule has 94 valence electrons. The Balaban J connectivity index is 1.78. The molecule has 17 heavy (non-hydrogen) atoms. The van der Waals surface area contributed by atoms with Crippen molar-refractivity contribution in [3.8, 4) is 0 Å². The van der Waals surface area contributed by atoms with Crippen molar-refractivity contribution in [1.82, 2.24) is 4.98 Å². The molecule has 0 saturated heterocycles. The molecule has 4 heteroatoms.